The maximum atomic E-state index is 13.7. The number of aromatic nitrogens is 2. The van der Waals surface area contributed by atoms with Crippen LogP contribution in [0.2, 0.25) is 0 Å². The predicted octanol–water partition coefficient (Wildman–Crippen LogP) is 1.04. The highest BCUT2D eigenvalue weighted by Crippen LogP contribution is 2.28. The van der Waals surface area contributed by atoms with Crippen LogP contribution in [0.3, 0.4) is 0 Å². The van der Waals surface area contributed by atoms with Crippen molar-refractivity contribution in [3.8, 4) is 0 Å². The number of urea groups is 1. The van der Waals surface area contributed by atoms with E-state index >= 15 is 0 Å². The van der Waals surface area contributed by atoms with E-state index in [1.165, 1.54) is 44.4 Å². The van der Waals surface area contributed by atoms with E-state index < -0.39 is 28.0 Å². The van der Waals surface area contributed by atoms with E-state index in [0.29, 0.717) is 15.1 Å². The molecule has 3 amide bonds. The molecule has 0 atom stereocenters. The molecule has 0 radical (unpaired) electrons. The van der Waals surface area contributed by atoms with E-state index in [9.17, 15) is 22.4 Å². The first-order chi connectivity index (χ1) is 14.5. The summed E-state index contributed by atoms with van der Waals surface area (Å²) in [6.07, 6.45) is 1.10. The smallest absolute Gasteiger partial charge is 0.334 e. The number of fused-ring (bicyclic) bond motifs is 1. The van der Waals surface area contributed by atoms with Crippen LogP contribution in [0.1, 0.15) is 11.1 Å². The molecule has 12 heteroatoms. The predicted molar refractivity (Wildman–Crippen MR) is 113 cm³/mol. The van der Waals surface area contributed by atoms with Crippen LogP contribution in [0.25, 0.3) is 16.6 Å². The number of halogens is 1. The number of rotatable bonds is 5. The lowest BCUT2D eigenvalue weighted by atomic mass is 9.97. The summed E-state index contributed by atoms with van der Waals surface area (Å²) >= 11 is 0. The molecule has 3 rings (SSSR count). The number of carbonyl (C=O) groups excluding carboxylic acids is 2. The van der Waals surface area contributed by atoms with Gasteiger partial charge in [-0.25, -0.2) is 18.9 Å². The van der Waals surface area contributed by atoms with Gasteiger partial charge in [0.1, 0.15) is 5.82 Å². The Morgan fingerprint density at radius 1 is 1.16 bits per heavy atom. The second kappa shape index (κ2) is 8.07. The van der Waals surface area contributed by atoms with Crippen LogP contribution >= 0.6 is 0 Å². The lowest BCUT2D eigenvalue weighted by molar-refractivity contribution is -0.113. The Kier molecular flexibility index (Phi) is 5.66. The standard InChI is InChI=1S/C19H19FN6O4S/c1-25(2)19(28)24-31(29,30)26-16-9-12(6-7-15(16)23-18(26)22)14(10-17(21)27)11-4-3-5-13(20)8-11/h3-10H,1-2H3,(H2,21,27)(H2,22,23)(H,24,28). The monoisotopic (exact) mass is 446 g/mol. The normalized spacial score (nSPS) is 12.0. The highest BCUT2D eigenvalue weighted by molar-refractivity contribution is 7.88. The van der Waals surface area contributed by atoms with Crippen LogP contribution in [-0.2, 0) is 15.0 Å². The molecule has 0 fully saturated rings. The second-order valence-corrected chi connectivity index (χ2v) is 8.23. The number of primary amides is 1. The third-order valence-electron chi connectivity index (χ3n) is 4.23. The van der Waals surface area contributed by atoms with Gasteiger partial charge < -0.3 is 16.4 Å². The summed E-state index contributed by atoms with van der Waals surface area (Å²) in [5, 5.41) is 0. The van der Waals surface area contributed by atoms with E-state index in [-0.39, 0.29) is 22.6 Å². The minimum absolute atomic E-state index is 0.0424. The molecule has 0 spiro atoms. The maximum absolute atomic E-state index is 13.7. The molecule has 2 aromatic carbocycles. The molecule has 0 aliphatic heterocycles. The van der Waals surface area contributed by atoms with Crippen molar-refractivity contribution in [3.63, 3.8) is 0 Å². The van der Waals surface area contributed by atoms with Crippen molar-refractivity contribution in [2.45, 2.75) is 0 Å². The number of hydrogen-bond acceptors (Lipinski definition) is 6. The summed E-state index contributed by atoms with van der Waals surface area (Å²) < 4.78 is 41.8. The van der Waals surface area contributed by atoms with Crippen molar-refractivity contribution >= 4 is 44.7 Å². The molecular formula is C19H19FN6O4S. The molecule has 0 aliphatic carbocycles. The van der Waals surface area contributed by atoms with Crippen molar-refractivity contribution in [1.82, 2.24) is 18.6 Å². The molecule has 5 N–H and O–H groups in total. The quantitative estimate of drug-likeness (QED) is 0.498. The summed E-state index contributed by atoms with van der Waals surface area (Å²) in [7, 11) is -1.69. The Labute approximate surface area is 177 Å². The zero-order valence-electron chi connectivity index (χ0n) is 16.5. The van der Waals surface area contributed by atoms with E-state index in [0.717, 1.165) is 11.0 Å². The number of anilines is 1. The number of imidazole rings is 1. The lowest BCUT2D eigenvalue weighted by Crippen LogP contribution is -2.41. The molecule has 10 nitrogen and oxygen atoms in total. The number of nitrogens with two attached hydrogens (primary N) is 2. The van der Waals surface area contributed by atoms with Gasteiger partial charge in [-0.3, -0.25) is 4.79 Å². The number of hydrogen-bond donors (Lipinski definition) is 3. The summed E-state index contributed by atoms with van der Waals surface area (Å²) in [5.74, 6) is -1.69. The Morgan fingerprint density at radius 3 is 2.45 bits per heavy atom. The first kappa shape index (κ1) is 21.8. The van der Waals surface area contributed by atoms with Crippen molar-refractivity contribution in [1.29, 1.82) is 0 Å². The number of carbonyl (C=O) groups is 2. The molecule has 1 aromatic heterocycles. The third-order valence-corrected chi connectivity index (χ3v) is 5.53. The minimum atomic E-state index is -4.44. The lowest BCUT2D eigenvalue weighted by Gasteiger charge is -2.14. The van der Waals surface area contributed by atoms with Gasteiger partial charge in [0.05, 0.1) is 11.0 Å². The SMILES string of the molecule is CN(C)C(=O)NS(=O)(=O)n1c(N)nc2ccc(C(=CC(N)=O)c3cccc(F)c3)cc21. The number of amides is 3. The largest absolute Gasteiger partial charge is 0.368 e. The van der Waals surface area contributed by atoms with Gasteiger partial charge in [0.2, 0.25) is 11.9 Å². The van der Waals surface area contributed by atoms with Crippen LogP contribution in [0.4, 0.5) is 15.1 Å². The Balaban J connectivity index is 2.21. The average molecular weight is 446 g/mol. The molecule has 162 valence electrons. The van der Waals surface area contributed by atoms with Crippen molar-refractivity contribution in [2.24, 2.45) is 5.73 Å². The fourth-order valence-electron chi connectivity index (χ4n) is 2.87. The summed E-state index contributed by atoms with van der Waals surface area (Å²) in [6.45, 7) is 0. The molecule has 0 bridgehead atoms. The summed E-state index contributed by atoms with van der Waals surface area (Å²) in [5.41, 5.74) is 12.3. The van der Waals surface area contributed by atoms with Gasteiger partial charge in [-0.1, -0.05) is 18.2 Å². The van der Waals surface area contributed by atoms with Gasteiger partial charge in [0, 0.05) is 20.2 Å². The number of nitrogens with zero attached hydrogens (tertiary/aromatic N) is 3. The number of nitrogen functional groups attached to an aromatic ring is 1. The fraction of sp³-hybridized carbons (Fsp3) is 0.105. The number of nitrogens with one attached hydrogen (secondary N) is 1. The topological polar surface area (TPSA) is 153 Å². The van der Waals surface area contributed by atoms with Crippen molar-refractivity contribution in [3.05, 3.63) is 65.5 Å². The van der Waals surface area contributed by atoms with Gasteiger partial charge >= 0.3 is 16.2 Å². The molecule has 0 unspecified atom stereocenters. The molecule has 0 saturated carbocycles. The van der Waals surface area contributed by atoms with Crippen LogP contribution in [0.5, 0.6) is 0 Å². The van der Waals surface area contributed by atoms with Gasteiger partial charge in [-0.15, -0.1) is 0 Å². The summed E-state index contributed by atoms with van der Waals surface area (Å²) in [6, 6.07) is 9.04. The highest BCUT2D eigenvalue weighted by Gasteiger charge is 2.24. The fourth-order valence-corrected chi connectivity index (χ4v) is 4.06. The Bertz CT molecular complexity index is 1330. The van der Waals surface area contributed by atoms with E-state index in [1.54, 1.807) is 12.1 Å². The van der Waals surface area contributed by atoms with E-state index in [2.05, 4.69) is 4.98 Å². The second-order valence-electron chi connectivity index (χ2n) is 6.72. The maximum Gasteiger partial charge on any atom is 0.334 e. The van der Waals surface area contributed by atoms with Crippen LogP contribution < -0.4 is 16.2 Å². The molecule has 0 saturated heterocycles. The summed E-state index contributed by atoms with van der Waals surface area (Å²) in [4.78, 5) is 28.5. The first-order valence-electron chi connectivity index (χ1n) is 8.79. The van der Waals surface area contributed by atoms with Crippen molar-refractivity contribution in [2.75, 3.05) is 19.8 Å². The minimum Gasteiger partial charge on any atom is -0.368 e. The zero-order valence-corrected chi connectivity index (χ0v) is 17.4. The van der Waals surface area contributed by atoms with Gasteiger partial charge in [-0.2, -0.15) is 12.4 Å². The van der Waals surface area contributed by atoms with E-state index in [1.807, 2.05) is 4.72 Å². The van der Waals surface area contributed by atoms with Gasteiger partial charge in [0.15, 0.2) is 0 Å². The van der Waals surface area contributed by atoms with Crippen LogP contribution in [0.15, 0.2) is 48.5 Å². The Hall–Kier alpha value is -3.93. The molecule has 0 aliphatic rings. The van der Waals surface area contributed by atoms with Gasteiger partial charge in [0.25, 0.3) is 0 Å². The third kappa shape index (κ3) is 4.48. The van der Waals surface area contributed by atoms with Crippen LogP contribution in [-0.4, -0.2) is 48.3 Å². The van der Waals surface area contributed by atoms with Crippen molar-refractivity contribution < 1.29 is 22.4 Å². The number of benzene rings is 2. The molecule has 1 heterocycles. The molecule has 31 heavy (non-hydrogen) atoms. The average Bonchev–Trinajstić information content (AvgIpc) is 3.01. The zero-order chi connectivity index (χ0) is 22.9. The van der Waals surface area contributed by atoms with E-state index in [4.69, 9.17) is 11.5 Å². The Morgan fingerprint density at radius 2 is 1.84 bits per heavy atom. The van der Waals surface area contributed by atoms with Crippen LogP contribution in [0, 0.1) is 5.82 Å². The molecular weight excluding hydrogens is 427 g/mol. The first-order valence-corrected chi connectivity index (χ1v) is 10.2. The van der Waals surface area contributed by atoms with Gasteiger partial charge in [-0.05, 0) is 41.0 Å². The highest BCUT2D eigenvalue weighted by atomic mass is 32.2. The molecule has 3 aromatic rings.